The molecule has 2 aromatic heterocycles. The fourth-order valence-electron chi connectivity index (χ4n) is 2.12. The zero-order chi connectivity index (χ0) is 19.6. The molecule has 0 saturated heterocycles. The van der Waals surface area contributed by atoms with Gasteiger partial charge in [-0.15, -0.1) is 0 Å². The molecule has 0 fully saturated rings. The largest absolute Gasteiger partial charge is 0.417 e. The summed E-state index contributed by atoms with van der Waals surface area (Å²) in [4.78, 5) is 19.9. The maximum absolute atomic E-state index is 12.9. The van der Waals surface area contributed by atoms with E-state index in [1.54, 1.807) is 6.92 Å². The van der Waals surface area contributed by atoms with Gasteiger partial charge in [0.2, 0.25) is 0 Å². The lowest BCUT2D eigenvalue weighted by Crippen LogP contribution is -2.14. The molecule has 1 amide bonds. The number of amides is 1. The highest BCUT2D eigenvalue weighted by Crippen LogP contribution is 2.36. The van der Waals surface area contributed by atoms with Crippen LogP contribution in [0.15, 0.2) is 41.2 Å². The Morgan fingerprint density at radius 1 is 1.15 bits per heavy atom. The molecule has 11 heteroatoms. The Bertz CT molecular complexity index is 990. The first-order valence-corrected chi connectivity index (χ1v) is 7.80. The van der Waals surface area contributed by atoms with Gasteiger partial charge in [0.25, 0.3) is 5.91 Å². The molecule has 2 heterocycles. The summed E-state index contributed by atoms with van der Waals surface area (Å²) in [5.41, 5.74) is -0.898. The highest BCUT2D eigenvalue weighted by atomic mass is 35.5. The van der Waals surface area contributed by atoms with Crippen LogP contribution in [0, 0.1) is 6.92 Å². The van der Waals surface area contributed by atoms with Crippen LogP contribution in [0.4, 0.5) is 30.5 Å². The number of carbonyl (C=O) groups excluding carboxylic acids is 1. The van der Waals surface area contributed by atoms with Crippen LogP contribution < -0.4 is 10.6 Å². The van der Waals surface area contributed by atoms with Gasteiger partial charge in [-0.25, -0.2) is 9.97 Å². The van der Waals surface area contributed by atoms with Gasteiger partial charge in [-0.1, -0.05) is 16.8 Å². The van der Waals surface area contributed by atoms with Crippen LogP contribution in [0.5, 0.6) is 0 Å². The van der Waals surface area contributed by atoms with E-state index in [2.05, 4.69) is 25.8 Å². The Kier molecular flexibility index (Phi) is 5.00. The Morgan fingerprint density at radius 2 is 1.93 bits per heavy atom. The molecule has 0 atom stereocenters. The van der Waals surface area contributed by atoms with Crippen molar-refractivity contribution in [3.05, 3.63) is 58.7 Å². The van der Waals surface area contributed by atoms with Crippen molar-refractivity contribution in [3.8, 4) is 0 Å². The number of nitrogens with one attached hydrogen (secondary N) is 2. The van der Waals surface area contributed by atoms with Gasteiger partial charge < -0.3 is 15.2 Å². The van der Waals surface area contributed by atoms with Crippen molar-refractivity contribution in [2.45, 2.75) is 13.1 Å². The highest BCUT2D eigenvalue weighted by Gasteiger charge is 2.33. The smallest absolute Gasteiger partial charge is 0.360 e. The van der Waals surface area contributed by atoms with Crippen molar-refractivity contribution in [2.75, 3.05) is 10.6 Å². The SMILES string of the molecule is Cc1cc(NC(=O)c2cc(Nc3ccc(Cl)c(C(F)(F)F)c3)ncn2)no1. The first-order chi connectivity index (χ1) is 12.7. The standard InChI is InChI=1S/C16H11ClF3N5O2/c1-8-4-14(25-27-8)24-15(26)12-6-13(22-7-21-12)23-9-2-3-11(17)10(5-9)16(18,19)20/h2-7H,1H3,(H,21,22,23)(H,24,25,26). The normalized spacial score (nSPS) is 11.3. The fourth-order valence-corrected chi connectivity index (χ4v) is 2.35. The third kappa shape index (κ3) is 4.53. The van der Waals surface area contributed by atoms with Gasteiger partial charge in [-0.3, -0.25) is 4.79 Å². The van der Waals surface area contributed by atoms with Gasteiger partial charge in [0.05, 0.1) is 10.6 Å². The molecule has 3 aromatic rings. The van der Waals surface area contributed by atoms with E-state index in [1.807, 2.05) is 0 Å². The summed E-state index contributed by atoms with van der Waals surface area (Å²) >= 11 is 5.59. The van der Waals surface area contributed by atoms with E-state index in [0.717, 1.165) is 18.5 Å². The van der Waals surface area contributed by atoms with Crippen LogP contribution in [-0.4, -0.2) is 21.0 Å². The number of nitrogens with zero attached hydrogens (tertiary/aromatic N) is 3. The van der Waals surface area contributed by atoms with E-state index in [-0.39, 0.29) is 23.0 Å². The highest BCUT2D eigenvalue weighted by molar-refractivity contribution is 6.31. The zero-order valence-corrected chi connectivity index (χ0v) is 14.4. The average Bonchev–Trinajstić information content (AvgIpc) is 3.01. The van der Waals surface area contributed by atoms with E-state index < -0.39 is 22.7 Å². The van der Waals surface area contributed by atoms with Gasteiger partial charge >= 0.3 is 6.18 Å². The molecule has 0 radical (unpaired) electrons. The molecule has 3 rings (SSSR count). The third-order valence-corrected chi connectivity index (χ3v) is 3.64. The minimum Gasteiger partial charge on any atom is -0.360 e. The Hall–Kier alpha value is -3.14. The number of carbonyl (C=O) groups is 1. The molecular weight excluding hydrogens is 387 g/mol. The third-order valence-electron chi connectivity index (χ3n) is 3.31. The predicted octanol–water partition coefficient (Wildman–Crippen LogP) is 4.44. The summed E-state index contributed by atoms with van der Waals surface area (Å²) in [6.45, 7) is 1.66. The van der Waals surface area contributed by atoms with Crippen molar-refractivity contribution >= 4 is 34.8 Å². The monoisotopic (exact) mass is 397 g/mol. The van der Waals surface area contributed by atoms with E-state index in [9.17, 15) is 18.0 Å². The van der Waals surface area contributed by atoms with Crippen molar-refractivity contribution < 1.29 is 22.5 Å². The fraction of sp³-hybridized carbons (Fsp3) is 0.125. The number of hydrogen-bond acceptors (Lipinski definition) is 6. The molecule has 140 valence electrons. The topological polar surface area (TPSA) is 92.9 Å². The van der Waals surface area contributed by atoms with E-state index in [4.69, 9.17) is 16.1 Å². The number of hydrogen-bond donors (Lipinski definition) is 2. The number of anilines is 3. The van der Waals surface area contributed by atoms with Gasteiger partial charge in [0.1, 0.15) is 23.6 Å². The molecule has 0 aliphatic carbocycles. The van der Waals surface area contributed by atoms with Crippen molar-refractivity contribution in [1.29, 1.82) is 0 Å². The Labute approximate surface area is 155 Å². The van der Waals surface area contributed by atoms with Crippen molar-refractivity contribution in [1.82, 2.24) is 15.1 Å². The van der Waals surface area contributed by atoms with Crippen LogP contribution in [0.25, 0.3) is 0 Å². The molecule has 0 saturated carbocycles. The molecular formula is C16H11ClF3N5O2. The molecule has 27 heavy (non-hydrogen) atoms. The number of aryl methyl sites for hydroxylation is 1. The minimum atomic E-state index is -4.60. The van der Waals surface area contributed by atoms with E-state index in [0.29, 0.717) is 5.76 Å². The molecule has 0 spiro atoms. The quantitative estimate of drug-likeness (QED) is 0.676. The number of alkyl halides is 3. The Balaban J connectivity index is 1.79. The summed E-state index contributed by atoms with van der Waals surface area (Å²) in [5, 5.41) is 8.37. The van der Waals surface area contributed by atoms with Crippen molar-refractivity contribution in [2.24, 2.45) is 0 Å². The van der Waals surface area contributed by atoms with Crippen LogP contribution in [0.1, 0.15) is 21.8 Å². The van der Waals surface area contributed by atoms with Crippen LogP contribution in [0.2, 0.25) is 5.02 Å². The zero-order valence-electron chi connectivity index (χ0n) is 13.6. The molecule has 0 unspecified atom stereocenters. The second-order valence-corrected chi connectivity index (χ2v) is 5.79. The second-order valence-electron chi connectivity index (χ2n) is 5.38. The van der Waals surface area contributed by atoms with Gasteiger partial charge in [0, 0.05) is 17.8 Å². The molecule has 1 aromatic carbocycles. The molecule has 0 bridgehead atoms. The van der Waals surface area contributed by atoms with Gasteiger partial charge in [-0.05, 0) is 25.1 Å². The lowest BCUT2D eigenvalue weighted by atomic mass is 10.2. The average molecular weight is 398 g/mol. The lowest BCUT2D eigenvalue weighted by molar-refractivity contribution is -0.137. The van der Waals surface area contributed by atoms with Crippen LogP contribution >= 0.6 is 11.6 Å². The van der Waals surface area contributed by atoms with Gasteiger partial charge in [0.15, 0.2) is 5.82 Å². The van der Waals surface area contributed by atoms with Crippen LogP contribution in [-0.2, 0) is 6.18 Å². The predicted molar refractivity (Wildman–Crippen MR) is 91.0 cm³/mol. The maximum atomic E-state index is 12.9. The summed E-state index contributed by atoms with van der Waals surface area (Å²) in [5.74, 6) is 0.263. The molecule has 7 nitrogen and oxygen atoms in total. The van der Waals surface area contributed by atoms with Gasteiger partial charge in [-0.2, -0.15) is 13.2 Å². The minimum absolute atomic E-state index is 0.0156. The molecule has 2 N–H and O–H groups in total. The van der Waals surface area contributed by atoms with Crippen LogP contribution in [0.3, 0.4) is 0 Å². The number of benzene rings is 1. The molecule has 0 aliphatic heterocycles. The molecule has 0 aliphatic rings. The lowest BCUT2D eigenvalue weighted by Gasteiger charge is -2.12. The number of halogens is 4. The summed E-state index contributed by atoms with van der Waals surface area (Å²) in [6, 6.07) is 6.13. The first-order valence-electron chi connectivity index (χ1n) is 7.43. The van der Waals surface area contributed by atoms with E-state index >= 15 is 0 Å². The number of rotatable bonds is 4. The first kappa shape index (κ1) is 18.6. The summed E-state index contributed by atoms with van der Waals surface area (Å²) in [7, 11) is 0. The Morgan fingerprint density at radius 3 is 2.59 bits per heavy atom. The summed E-state index contributed by atoms with van der Waals surface area (Å²) in [6.07, 6.45) is -3.49. The van der Waals surface area contributed by atoms with E-state index in [1.165, 1.54) is 18.2 Å². The number of aromatic nitrogens is 3. The second kappa shape index (κ2) is 7.23. The van der Waals surface area contributed by atoms with Crippen molar-refractivity contribution in [3.63, 3.8) is 0 Å². The maximum Gasteiger partial charge on any atom is 0.417 e. The summed E-state index contributed by atoms with van der Waals surface area (Å²) < 4.78 is 43.7.